The number of carboxylic acid groups (broad SMARTS) is 1. The molecule has 6 rings (SSSR count). The third-order valence-electron chi connectivity index (χ3n) is 8.93. The lowest BCUT2D eigenvalue weighted by Gasteiger charge is -2.24. The zero-order valence-electron chi connectivity index (χ0n) is 28.4. The maximum absolute atomic E-state index is 13.3. The largest absolute Gasteiger partial charge is 0.481 e. The lowest BCUT2D eigenvalue weighted by atomic mass is 9.97. The van der Waals surface area contributed by atoms with Crippen molar-refractivity contribution >= 4 is 40.7 Å². The van der Waals surface area contributed by atoms with Gasteiger partial charge in [-0.05, 0) is 44.0 Å². The number of nitrogens with one attached hydrogen (secondary N) is 3. The number of pyridine rings is 2. The van der Waals surface area contributed by atoms with Crippen LogP contribution in [0.5, 0.6) is 5.88 Å². The summed E-state index contributed by atoms with van der Waals surface area (Å²) in [4.78, 5) is 45.3. The highest BCUT2D eigenvalue weighted by Gasteiger charge is 2.23. The zero-order valence-corrected chi connectivity index (χ0v) is 29.9. The van der Waals surface area contributed by atoms with Gasteiger partial charge in [0.1, 0.15) is 5.65 Å². The van der Waals surface area contributed by atoms with Gasteiger partial charge in [-0.15, -0.1) is 0 Å². The Hall–Kier alpha value is -4.81. The molecule has 1 aliphatic heterocycles. The summed E-state index contributed by atoms with van der Waals surface area (Å²) < 4.78 is 7.09. The van der Waals surface area contributed by atoms with Gasteiger partial charge < -0.3 is 25.8 Å². The molecule has 4 N–H and O–H groups in total. The summed E-state index contributed by atoms with van der Waals surface area (Å²) in [7, 11) is 1.58. The Bertz CT molecular complexity index is 2190. The molecule has 0 aliphatic carbocycles. The normalized spacial score (nSPS) is 14.5. The van der Waals surface area contributed by atoms with Crippen LogP contribution in [0.2, 0.25) is 10.0 Å². The molecule has 0 radical (unpaired) electrons. The zero-order chi connectivity index (χ0) is 36.3. The topological polar surface area (TPSA) is 147 Å². The molecule has 1 atom stereocenters. The fourth-order valence-corrected chi connectivity index (χ4v) is 6.88. The van der Waals surface area contributed by atoms with Gasteiger partial charge in [0, 0.05) is 77.8 Å². The number of carbonyl (C=O) groups excluding carboxylic acids is 1. The summed E-state index contributed by atoms with van der Waals surface area (Å²) in [6.45, 7) is 4.91. The molecule has 4 heterocycles. The third kappa shape index (κ3) is 8.07. The molecule has 13 heteroatoms. The molecule has 1 saturated heterocycles. The quantitative estimate of drug-likeness (QED) is 0.113. The Kier molecular flexibility index (Phi) is 10.7. The molecule has 3 aromatic heterocycles. The maximum atomic E-state index is 13.3. The number of carboxylic acids is 1. The summed E-state index contributed by atoms with van der Waals surface area (Å²) in [5, 5.41) is 19.6. The van der Waals surface area contributed by atoms with Crippen molar-refractivity contribution in [2.24, 2.45) is 0 Å². The number of methoxy groups -OCH3 is 1. The molecule has 1 unspecified atom stereocenters. The molecule has 11 nitrogen and oxygen atoms in total. The monoisotopic (exact) mass is 728 g/mol. The SMILES string of the molecule is COc1nc(-c2cccc(-c3cccc(-c4ccn5c(=O)c(CNC(C)(C)CC(=O)O)cnc5c4)c3Cl)c2Cl)ccc1CNCC1CCC(=O)N1. The van der Waals surface area contributed by atoms with E-state index in [0.717, 1.165) is 34.2 Å². The number of benzene rings is 2. The number of fused-ring (bicyclic) bond motifs is 1. The fraction of sp³-hybridized carbons (Fsp3) is 0.289. The predicted octanol–water partition coefficient (Wildman–Crippen LogP) is 6.12. The lowest BCUT2D eigenvalue weighted by Crippen LogP contribution is -2.41. The van der Waals surface area contributed by atoms with E-state index in [9.17, 15) is 14.4 Å². The molecule has 1 amide bonds. The van der Waals surface area contributed by atoms with Crippen molar-refractivity contribution in [3.05, 3.63) is 105 Å². The van der Waals surface area contributed by atoms with Crippen molar-refractivity contribution in [3.63, 3.8) is 0 Å². The second-order valence-corrected chi connectivity index (χ2v) is 13.9. The number of aromatic nitrogens is 3. The van der Waals surface area contributed by atoms with Crippen molar-refractivity contribution in [1.29, 1.82) is 0 Å². The van der Waals surface area contributed by atoms with Crippen LogP contribution in [-0.4, -0.2) is 56.6 Å². The van der Waals surface area contributed by atoms with Gasteiger partial charge in [0.2, 0.25) is 11.8 Å². The third-order valence-corrected chi connectivity index (χ3v) is 9.74. The molecule has 1 aliphatic rings. The van der Waals surface area contributed by atoms with E-state index in [2.05, 4.69) is 20.9 Å². The van der Waals surface area contributed by atoms with Crippen LogP contribution >= 0.6 is 23.2 Å². The molecule has 0 spiro atoms. The van der Waals surface area contributed by atoms with E-state index in [0.29, 0.717) is 57.9 Å². The number of rotatable bonds is 13. The van der Waals surface area contributed by atoms with Crippen LogP contribution < -0.4 is 26.2 Å². The molecular formula is C38H38Cl2N6O5. The number of hydrogen-bond donors (Lipinski definition) is 4. The van der Waals surface area contributed by atoms with Crippen LogP contribution in [0.3, 0.4) is 0 Å². The summed E-state index contributed by atoms with van der Waals surface area (Å²) in [6.07, 6.45) is 4.46. The van der Waals surface area contributed by atoms with Crippen LogP contribution in [0.4, 0.5) is 0 Å². The molecule has 0 saturated carbocycles. The lowest BCUT2D eigenvalue weighted by molar-refractivity contribution is -0.138. The molecule has 264 valence electrons. The number of carbonyl (C=O) groups is 2. The maximum Gasteiger partial charge on any atom is 0.305 e. The number of amides is 1. The van der Waals surface area contributed by atoms with Crippen molar-refractivity contribution < 1.29 is 19.4 Å². The molecule has 0 bridgehead atoms. The van der Waals surface area contributed by atoms with Crippen molar-refractivity contribution in [2.75, 3.05) is 13.7 Å². The van der Waals surface area contributed by atoms with E-state index in [4.69, 9.17) is 38.0 Å². The minimum Gasteiger partial charge on any atom is -0.481 e. The highest BCUT2D eigenvalue weighted by molar-refractivity contribution is 6.39. The van der Waals surface area contributed by atoms with Crippen LogP contribution in [0.25, 0.3) is 39.2 Å². The van der Waals surface area contributed by atoms with Gasteiger partial charge >= 0.3 is 5.97 Å². The Labute approximate surface area is 305 Å². The minimum absolute atomic E-state index is 0.0858. The van der Waals surface area contributed by atoms with Crippen LogP contribution in [0, 0.1) is 0 Å². The molecule has 51 heavy (non-hydrogen) atoms. The van der Waals surface area contributed by atoms with Crippen LogP contribution in [-0.2, 0) is 22.7 Å². The Morgan fingerprint density at radius 2 is 1.71 bits per heavy atom. The average molecular weight is 730 g/mol. The fourth-order valence-electron chi connectivity index (χ4n) is 6.22. The summed E-state index contributed by atoms with van der Waals surface area (Å²) in [5.41, 5.74) is 5.11. The minimum atomic E-state index is -0.924. The number of hydrogen-bond acceptors (Lipinski definition) is 8. The Morgan fingerprint density at radius 1 is 1.00 bits per heavy atom. The van der Waals surface area contributed by atoms with E-state index in [-0.39, 0.29) is 30.5 Å². The highest BCUT2D eigenvalue weighted by atomic mass is 35.5. The Morgan fingerprint density at radius 3 is 2.39 bits per heavy atom. The standard InChI is InChI=1S/C38H38Cl2N6O5/c1-38(2,17-33(48)49)43-20-24-19-42-31-16-22(14-15-46(31)37(24)50)26-6-4-7-27(34(26)39)28-8-5-9-29(35(28)40)30-12-10-23(36(45-30)51-3)18-41-21-25-11-13-32(47)44-25/h4-10,12,14-16,19,25,41,43H,11,13,17-18,20-21H2,1-3H3,(H,44,47)(H,48,49). The number of ether oxygens (including phenoxy) is 1. The van der Waals surface area contributed by atoms with Crippen LogP contribution in [0.15, 0.2) is 77.9 Å². The summed E-state index contributed by atoms with van der Waals surface area (Å²) >= 11 is 14.2. The van der Waals surface area contributed by atoms with E-state index in [1.165, 1.54) is 10.6 Å². The highest BCUT2D eigenvalue weighted by Crippen LogP contribution is 2.42. The van der Waals surface area contributed by atoms with Gasteiger partial charge in [-0.25, -0.2) is 9.97 Å². The summed E-state index contributed by atoms with van der Waals surface area (Å²) in [5.74, 6) is -0.360. The van der Waals surface area contributed by atoms with Crippen molar-refractivity contribution in [2.45, 2.75) is 57.8 Å². The number of aliphatic carboxylic acids is 1. The predicted molar refractivity (Wildman–Crippen MR) is 198 cm³/mol. The van der Waals surface area contributed by atoms with Crippen molar-refractivity contribution in [1.82, 2.24) is 30.3 Å². The van der Waals surface area contributed by atoms with Gasteiger partial charge in [0.05, 0.1) is 34.8 Å². The molecular weight excluding hydrogens is 691 g/mol. The molecule has 5 aromatic rings. The van der Waals surface area contributed by atoms with Gasteiger partial charge in [-0.1, -0.05) is 65.7 Å². The molecule has 1 fully saturated rings. The number of nitrogens with zero attached hydrogens (tertiary/aromatic N) is 3. The van der Waals surface area contributed by atoms with E-state index in [1.807, 2.05) is 48.5 Å². The summed E-state index contributed by atoms with van der Waals surface area (Å²) in [6, 6.07) is 19.0. The van der Waals surface area contributed by atoms with Gasteiger partial charge in [-0.3, -0.25) is 18.8 Å². The first-order valence-electron chi connectivity index (χ1n) is 16.5. The van der Waals surface area contributed by atoms with Gasteiger partial charge in [-0.2, -0.15) is 0 Å². The Balaban J connectivity index is 1.24. The first-order chi connectivity index (χ1) is 24.4. The first-order valence-corrected chi connectivity index (χ1v) is 17.3. The van der Waals surface area contributed by atoms with E-state index in [1.54, 1.807) is 39.3 Å². The second-order valence-electron chi connectivity index (χ2n) is 13.2. The van der Waals surface area contributed by atoms with Crippen molar-refractivity contribution in [3.8, 4) is 39.4 Å². The second kappa shape index (κ2) is 15.2. The van der Waals surface area contributed by atoms with Crippen LogP contribution in [0.1, 0.15) is 44.2 Å². The van der Waals surface area contributed by atoms with Gasteiger partial charge in [0.25, 0.3) is 5.56 Å². The van der Waals surface area contributed by atoms with E-state index >= 15 is 0 Å². The average Bonchev–Trinajstić information content (AvgIpc) is 3.52. The van der Waals surface area contributed by atoms with Gasteiger partial charge in [0.15, 0.2) is 0 Å². The van der Waals surface area contributed by atoms with E-state index < -0.39 is 11.5 Å². The first kappa shape index (κ1) is 36.0. The molecule has 2 aromatic carbocycles. The number of halogens is 2. The smallest absolute Gasteiger partial charge is 0.305 e.